The van der Waals surface area contributed by atoms with Crippen molar-refractivity contribution >= 4 is 11.4 Å². The predicted octanol–water partition coefficient (Wildman–Crippen LogP) is 2.11. The second-order valence-electron chi connectivity index (χ2n) is 4.28. The Bertz CT molecular complexity index is 521. The molecule has 0 radical (unpaired) electrons. The molecule has 0 saturated carbocycles. The highest BCUT2D eigenvalue weighted by atomic mass is 16.3. The van der Waals surface area contributed by atoms with E-state index < -0.39 is 5.60 Å². The van der Waals surface area contributed by atoms with Crippen molar-refractivity contribution in [1.82, 2.24) is 0 Å². The predicted molar refractivity (Wildman–Crippen MR) is 70.4 cm³/mol. The molecule has 0 spiro atoms. The second kappa shape index (κ2) is 4.11. The van der Waals surface area contributed by atoms with Crippen LogP contribution in [0.25, 0.3) is 0 Å². The van der Waals surface area contributed by atoms with Gasteiger partial charge in [0.15, 0.2) is 0 Å². The smallest absolute Gasteiger partial charge is 0.112 e. The molecule has 1 atom stereocenters. The maximum atomic E-state index is 10.6. The molecule has 0 heterocycles. The van der Waals surface area contributed by atoms with Crippen LogP contribution in [0.1, 0.15) is 18.1 Å². The zero-order chi connectivity index (χ0) is 12.5. The lowest BCUT2D eigenvalue weighted by molar-refractivity contribution is 0.102. The van der Waals surface area contributed by atoms with Gasteiger partial charge in [0.1, 0.15) is 5.60 Å². The number of hydrogen-bond acceptors (Lipinski definition) is 3. The molecule has 0 aliphatic rings. The molecule has 1 unspecified atom stereocenters. The van der Waals surface area contributed by atoms with Crippen molar-refractivity contribution in [2.24, 2.45) is 0 Å². The van der Waals surface area contributed by atoms with Gasteiger partial charge in [0, 0.05) is 0 Å². The van der Waals surface area contributed by atoms with E-state index in [2.05, 4.69) is 0 Å². The van der Waals surface area contributed by atoms with Crippen LogP contribution in [0.4, 0.5) is 11.4 Å². The summed E-state index contributed by atoms with van der Waals surface area (Å²) in [5.74, 6) is 0. The highest BCUT2D eigenvalue weighted by Gasteiger charge is 2.25. The molecule has 0 aliphatic heterocycles. The van der Waals surface area contributed by atoms with Gasteiger partial charge in [-0.2, -0.15) is 0 Å². The number of rotatable bonds is 2. The summed E-state index contributed by atoms with van der Waals surface area (Å²) in [6, 6.07) is 14.7. The minimum Gasteiger partial charge on any atom is -0.397 e. The molecule has 2 aromatic rings. The van der Waals surface area contributed by atoms with Gasteiger partial charge in [0.2, 0.25) is 0 Å². The van der Waals surface area contributed by atoms with Gasteiger partial charge in [0.25, 0.3) is 0 Å². The van der Waals surface area contributed by atoms with Gasteiger partial charge in [-0.3, -0.25) is 0 Å². The lowest BCUT2D eigenvalue weighted by atomic mass is 9.88. The van der Waals surface area contributed by atoms with E-state index >= 15 is 0 Å². The van der Waals surface area contributed by atoms with E-state index in [-0.39, 0.29) is 0 Å². The molecule has 2 aromatic carbocycles. The van der Waals surface area contributed by atoms with E-state index in [1.165, 1.54) is 0 Å². The molecular weight excluding hydrogens is 212 g/mol. The molecule has 5 N–H and O–H groups in total. The highest BCUT2D eigenvalue weighted by Crippen LogP contribution is 2.31. The molecule has 0 saturated heterocycles. The van der Waals surface area contributed by atoms with Crippen molar-refractivity contribution < 1.29 is 5.11 Å². The fraction of sp³-hybridized carbons (Fsp3) is 0.143. The largest absolute Gasteiger partial charge is 0.397 e. The number of benzene rings is 2. The Morgan fingerprint density at radius 2 is 1.53 bits per heavy atom. The summed E-state index contributed by atoms with van der Waals surface area (Å²) >= 11 is 0. The number of nitrogen functional groups attached to an aromatic ring is 2. The third-order valence-electron chi connectivity index (χ3n) is 2.98. The normalized spacial score (nSPS) is 14.2. The van der Waals surface area contributed by atoms with Gasteiger partial charge in [-0.15, -0.1) is 0 Å². The lowest BCUT2D eigenvalue weighted by Crippen LogP contribution is -2.22. The third kappa shape index (κ3) is 2.10. The molecule has 3 nitrogen and oxygen atoms in total. The Labute approximate surface area is 101 Å². The number of nitrogens with two attached hydrogens (primary N) is 2. The molecule has 3 heteroatoms. The average Bonchev–Trinajstić information content (AvgIpc) is 2.33. The van der Waals surface area contributed by atoms with Crippen molar-refractivity contribution in [1.29, 1.82) is 0 Å². The van der Waals surface area contributed by atoms with Crippen molar-refractivity contribution in [3.05, 3.63) is 59.7 Å². The summed E-state index contributed by atoms with van der Waals surface area (Å²) in [4.78, 5) is 0. The molecule has 17 heavy (non-hydrogen) atoms. The van der Waals surface area contributed by atoms with Crippen molar-refractivity contribution in [3.8, 4) is 0 Å². The summed E-state index contributed by atoms with van der Waals surface area (Å²) in [6.07, 6.45) is 0. The van der Waals surface area contributed by atoms with Crippen LogP contribution < -0.4 is 11.5 Å². The molecule has 0 amide bonds. The van der Waals surface area contributed by atoms with Crippen molar-refractivity contribution in [2.75, 3.05) is 11.5 Å². The van der Waals surface area contributed by atoms with Crippen molar-refractivity contribution in [3.63, 3.8) is 0 Å². The van der Waals surface area contributed by atoms with E-state index in [0.29, 0.717) is 11.4 Å². The molecule has 0 aromatic heterocycles. The maximum absolute atomic E-state index is 10.6. The van der Waals surface area contributed by atoms with Gasteiger partial charge < -0.3 is 16.6 Å². The number of anilines is 2. The minimum absolute atomic E-state index is 0.485. The Morgan fingerprint density at radius 3 is 2.12 bits per heavy atom. The van der Waals surface area contributed by atoms with Crippen LogP contribution in [0, 0.1) is 0 Å². The Balaban J connectivity index is 2.48. The standard InChI is InChI=1S/C14H16N2O/c1-14(17,10-5-3-2-4-6-10)11-7-8-12(15)13(16)9-11/h2-9,17H,15-16H2,1H3. The first kappa shape index (κ1) is 11.5. The van der Waals surface area contributed by atoms with Gasteiger partial charge >= 0.3 is 0 Å². The zero-order valence-electron chi connectivity index (χ0n) is 9.72. The van der Waals surface area contributed by atoms with Crippen LogP contribution >= 0.6 is 0 Å². The number of aliphatic hydroxyl groups is 1. The van der Waals surface area contributed by atoms with Gasteiger partial charge in [0.05, 0.1) is 11.4 Å². The van der Waals surface area contributed by atoms with Gasteiger partial charge in [-0.25, -0.2) is 0 Å². The first-order valence-electron chi connectivity index (χ1n) is 5.45. The van der Waals surface area contributed by atoms with E-state index in [0.717, 1.165) is 11.1 Å². The summed E-state index contributed by atoms with van der Waals surface area (Å²) < 4.78 is 0. The Hall–Kier alpha value is -2.00. The summed E-state index contributed by atoms with van der Waals surface area (Å²) in [5.41, 5.74) is 12.9. The first-order chi connectivity index (χ1) is 8.01. The molecule has 0 fully saturated rings. The van der Waals surface area contributed by atoms with E-state index in [9.17, 15) is 5.11 Å². The van der Waals surface area contributed by atoms with Gasteiger partial charge in [-0.05, 0) is 30.2 Å². The summed E-state index contributed by atoms with van der Waals surface area (Å²) in [6.45, 7) is 1.74. The monoisotopic (exact) mass is 228 g/mol. The number of hydrogen-bond donors (Lipinski definition) is 3. The first-order valence-corrected chi connectivity index (χ1v) is 5.45. The molecule has 2 rings (SSSR count). The molecular formula is C14H16N2O. The van der Waals surface area contributed by atoms with Crippen LogP contribution in [-0.4, -0.2) is 5.11 Å². The summed E-state index contributed by atoms with van der Waals surface area (Å²) in [5, 5.41) is 10.6. The average molecular weight is 228 g/mol. The van der Waals surface area contributed by atoms with Crippen LogP contribution in [0.5, 0.6) is 0 Å². The molecule has 0 bridgehead atoms. The summed E-state index contributed by atoms with van der Waals surface area (Å²) in [7, 11) is 0. The maximum Gasteiger partial charge on any atom is 0.112 e. The van der Waals surface area contributed by atoms with Crippen LogP contribution in [0.15, 0.2) is 48.5 Å². The van der Waals surface area contributed by atoms with Crippen LogP contribution in [0.3, 0.4) is 0 Å². The Kier molecular flexibility index (Phi) is 2.77. The molecule has 0 aliphatic carbocycles. The van der Waals surface area contributed by atoms with E-state index in [4.69, 9.17) is 11.5 Å². The minimum atomic E-state index is -1.07. The Morgan fingerprint density at radius 1 is 0.882 bits per heavy atom. The fourth-order valence-corrected chi connectivity index (χ4v) is 1.81. The van der Waals surface area contributed by atoms with E-state index in [1.54, 1.807) is 25.1 Å². The van der Waals surface area contributed by atoms with Gasteiger partial charge in [-0.1, -0.05) is 36.4 Å². The van der Waals surface area contributed by atoms with Crippen LogP contribution in [0.2, 0.25) is 0 Å². The van der Waals surface area contributed by atoms with Crippen LogP contribution in [-0.2, 0) is 5.60 Å². The van der Waals surface area contributed by atoms with E-state index in [1.807, 2.05) is 30.3 Å². The highest BCUT2D eigenvalue weighted by molar-refractivity contribution is 5.64. The lowest BCUT2D eigenvalue weighted by Gasteiger charge is -2.25. The molecule has 88 valence electrons. The second-order valence-corrected chi connectivity index (χ2v) is 4.28. The zero-order valence-corrected chi connectivity index (χ0v) is 9.72. The third-order valence-corrected chi connectivity index (χ3v) is 2.98. The topological polar surface area (TPSA) is 72.3 Å². The fourth-order valence-electron chi connectivity index (χ4n) is 1.81. The SMILES string of the molecule is CC(O)(c1ccccc1)c1ccc(N)c(N)c1. The van der Waals surface area contributed by atoms with Crippen molar-refractivity contribution in [2.45, 2.75) is 12.5 Å². The quantitative estimate of drug-likeness (QED) is 0.689.